The van der Waals surface area contributed by atoms with E-state index in [0.717, 1.165) is 37.2 Å². The Bertz CT molecular complexity index is 1130. The van der Waals surface area contributed by atoms with Crippen molar-refractivity contribution in [3.05, 3.63) is 59.2 Å². The van der Waals surface area contributed by atoms with Crippen LogP contribution in [0.25, 0.3) is 0 Å². The number of hydrogen-bond donors (Lipinski definition) is 3. The number of fused-ring (bicyclic) bond motifs is 5. The number of carboxylic acid groups (broad SMARTS) is 1. The normalized spacial score (nSPS) is 28.3. The number of likely N-dealkylation sites (tertiary alicyclic amines) is 1. The van der Waals surface area contributed by atoms with Crippen LogP contribution >= 0.6 is 0 Å². The van der Waals surface area contributed by atoms with E-state index >= 15 is 0 Å². The number of piperidine rings is 1. The average Bonchev–Trinajstić information content (AvgIpc) is 3.38. The molecule has 0 bridgehead atoms. The number of carboxylic acids is 1. The minimum Gasteiger partial charge on any atom is -0.508 e. The topological polar surface area (TPSA) is 90.2 Å². The van der Waals surface area contributed by atoms with Gasteiger partial charge in [-0.2, -0.15) is 0 Å². The molecule has 0 radical (unpaired) electrons. The van der Waals surface area contributed by atoms with Gasteiger partial charge in [0.25, 0.3) is 0 Å². The van der Waals surface area contributed by atoms with Crippen LogP contribution in [0, 0.1) is 17.3 Å². The average molecular weight is 550 g/mol. The Hall–Kier alpha value is -2.57. The molecular formula is C34H47NO5. The maximum absolute atomic E-state index is 9.96. The Morgan fingerprint density at radius 2 is 1.77 bits per heavy atom. The molecule has 3 N–H and O–H groups in total. The molecule has 1 heterocycles. The second-order valence-electron chi connectivity index (χ2n) is 12.7. The molecule has 1 saturated heterocycles. The third kappa shape index (κ3) is 6.66. The Kier molecular flexibility index (Phi) is 9.37. The summed E-state index contributed by atoms with van der Waals surface area (Å²) >= 11 is 0. The highest BCUT2D eigenvalue weighted by atomic mass is 16.5. The summed E-state index contributed by atoms with van der Waals surface area (Å²) in [6.45, 7) is 5.52. The molecule has 0 spiro atoms. The second-order valence-corrected chi connectivity index (χ2v) is 12.7. The van der Waals surface area contributed by atoms with Gasteiger partial charge in [-0.25, -0.2) is 4.79 Å². The number of ether oxygens (including phenoxy) is 1. The number of aryl methyl sites for hydroxylation is 1. The summed E-state index contributed by atoms with van der Waals surface area (Å²) in [4.78, 5) is 12.0. The van der Waals surface area contributed by atoms with Gasteiger partial charge in [-0.05, 0) is 142 Å². The lowest BCUT2D eigenvalue weighted by molar-refractivity contribution is -0.145. The Labute approximate surface area is 239 Å². The first-order valence-corrected chi connectivity index (χ1v) is 15.5. The summed E-state index contributed by atoms with van der Waals surface area (Å²) in [7, 11) is 0. The molecule has 3 fully saturated rings. The predicted molar refractivity (Wildman–Crippen MR) is 157 cm³/mol. The van der Waals surface area contributed by atoms with E-state index in [0.29, 0.717) is 17.1 Å². The Balaban J connectivity index is 0.000000487. The van der Waals surface area contributed by atoms with Gasteiger partial charge in [0.1, 0.15) is 24.2 Å². The molecule has 1 aliphatic heterocycles. The number of rotatable bonds is 7. The Morgan fingerprint density at radius 1 is 1.02 bits per heavy atom. The van der Waals surface area contributed by atoms with Crippen molar-refractivity contribution in [2.45, 2.75) is 89.6 Å². The standard InChI is InChI=1S/C31H41NO2.C3H6O3/c33-25-9-13-27-24(21-25)8-12-29-28(27)14-16-31(15-4-5-30(29)31)22-23-6-10-26(11-7-23)34-20-19-32-17-2-1-3-18-32;1-2(4)3(5)6/h6-7,9-11,13,21,28-30,33H,1-5,8,12,14-20,22H2;2,4H,1H3,(H,5,6)/t28-,29-,30+,31+;/m1./s1. The molecule has 1 unspecified atom stereocenters. The maximum Gasteiger partial charge on any atom is 0.332 e. The lowest BCUT2D eigenvalue weighted by Crippen LogP contribution is -2.42. The molecule has 6 nitrogen and oxygen atoms in total. The van der Waals surface area contributed by atoms with E-state index in [9.17, 15) is 9.90 Å². The molecule has 4 aliphatic rings. The van der Waals surface area contributed by atoms with Crippen molar-refractivity contribution in [2.75, 3.05) is 26.2 Å². The number of phenols is 1. The van der Waals surface area contributed by atoms with Crippen molar-refractivity contribution in [1.29, 1.82) is 0 Å². The van der Waals surface area contributed by atoms with Gasteiger partial charge < -0.3 is 20.1 Å². The molecule has 5 atom stereocenters. The number of aliphatic hydroxyl groups excluding tert-OH is 1. The Morgan fingerprint density at radius 3 is 2.50 bits per heavy atom. The summed E-state index contributed by atoms with van der Waals surface area (Å²) < 4.78 is 6.09. The van der Waals surface area contributed by atoms with Gasteiger partial charge in [-0.1, -0.05) is 31.0 Å². The fraction of sp³-hybridized carbons (Fsp3) is 0.618. The zero-order valence-electron chi connectivity index (χ0n) is 24.1. The first-order chi connectivity index (χ1) is 19.3. The largest absolute Gasteiger partial charge is 0.508 e. The molecule has 6 heteroatoms. The van der Waals surface area contributed by atoms with Crippen LogP contribution in [-0.2, 0) is 17.6 Å². The van der Waals surface area contributed by atoms with E-state index in [2.05, 4.69) is 35.2 Å². The predicted octanol–water partition coefficient (Wildman–Crippen LogP) is 6.18. The molecule has 40 heavy (non-hydrogen) atoms. The SMILES string of the molecule is CC(O)C(=O)O.Oc1ccc2c(c1)CC[C@@H]1[C@@H]2CC[C@]2(Cc3ccc(OCCN4CCCCC4)cc3)CCC[C@@H]12. The van der Waals surface area contributed by atoms with Gasteiger partial charge in [-0.3, -0.25) is 4.90 Å². The van der Waals surface area contributed by atoms with Crippen LogP contribution in [0.4, 0.5) is 0 Å². The molecule has 0 aromatic heterocycles. The first kappa shape index (κ1) is 28.9. The molecule has 218 valence electrons. The smallest absolute Gasteiger partial charge is 0.332 e. The molecule has 3 aliphatic carbocycles. The van der Waals surface area contributed by atoms with Crippen LogP contribution < -0.4 is 4.74 Å². The highest BCUT2D eigenvalue weighted by Crippen LogP contribution is 2.62. The van der Waals surface area contributed by atoms with Crippen molar-refractivity contribution in [2.24, 2.45) is 17.3 Å². The maximum atomic E-state index is 9.96. The van der Waals surface area contributed by atoms with Crippen molar-refractivity contribution in [3.63, 3.8) is 0 Å². The van der Waals surface area contributed by atoms with Crippen LogP contribution in [-0.4, -0.2) is 58.5 Å². The lowest BCUT2D eigenvalue weighted by Gasteiger charge is -2.51. The number of aromatic hydroxyl groups is 1. The molecule has 2 aromatic rings. The van der Waals surface area contributed by atoms with Crippen molar-refractivity contribution >= 4 is 5.97 Å². The quantitative estimate of drug-likeness (QED) is 0.382. The first-order valence-electron chi connectivity index (χ1n) is 15.5. The van der Waals surface area contributed by atoms with Gasteiger partial charge in [0, 0.05) is 6.54 Å². The summed E-state index contributed by atoms with van der Waals surface area (Å²) in [5.74, 6) is 2.66. The summed E-state index contributed by atoms with van der Waals surface area (Å²) in [6, 6.07) is 15.3. The summed E-state index contributed by atoms with van der Waals surface area (Å²) in [6.07, 6.45) is 13.4. The van der Waals surface area contributed by atoms with Gasteiger partial charge >= 0.3 is 5.97 Å². The third-order valence-corrected chi connectivity index (χ3v) is 10.2. The number of benzene rings is 2. The van der Waals surface area contributed by atoms with Crippen molar-refractivity contribution in [1.82, 2.24) is 4.90 Å². The van der Waals surface area contributed by atoms with Gasteiger partial charge in [0.15, 0.2) is 0 Å². The molecule has 0 amide bonds. The number of aliphatic carboxylic acids is 1. The second kappa shape index (κ2) is 12.9. The zero-order chi connectivity index (χ0) is 28.1. The fourth-order valence-electron chi connectivity index (χ4n) is 8.26. The number of hydrogen-bond acceptors (Lipinski definition) is 5. The van der Waals surface area contributed by atoms with Crippen molar-refractivity contribution in [3.8, 4) is 11.5 Å². The fourth-order valence-corrected chi connectivity index (χ4v) is 8.26. The number of aliphatic hydroxyl groups is 1. The molecule has 2 saturated carbocycles. The molecular weight excluding hydrogens is 502 g/mol. The van der Waals surface area contributed by atoms with E-state index in [1.165, 1.54) is 95.3 Å². The highest BCUT2D eigenvalue weighted by molar-refractivity contribution is 5.71. The van der Waals surface area contributed by atoms with Crippen molar-refractivity contribution < 1.29 is 24.9 Å². The van der Waals surface area contributed by atoms with Gasteiger partial charge in [0.2, 0.25) is 0 Å². The molecule has 2 aromatic carbocycles. The van der Waals surface area contributed by atoms with E-state index in [4.69, 9.17) is 14.9 Å². The van der Waals surface area contributed by atoms with Crippen LogP contribution in [0.15, 0.2) is 42.5 Å². The number of carbonyl (C=O) groups is 1. The summed E-state index contributed by atoms with van der Waals surface area (Å²) in [5.41, 5.74) is 4.93. The number of nitrogens with zero attached hydrogens (tertiary/aromatic N) is 1. The van der Waals surface area contributed by atoms with Crippen LogP contribution in [0.2, 0.25) is 0 Å². The van der Waals surface area contributed by atoms with E-state index < -0.39 is 12.1 Å². The molecule has 6 rings (SSSR count). The highest BCUT2D eigenvalue weighted by Gasteiger charge is 2.52. The monoisotopic (exact) mass is 549 g/mol. The summed E-state index contributed by atoms with van der Waals surface area (Å²) in [5, 5.41) is 25.7. The van der Waals surface area contributed by atoms with E-state index in [1.807, 2.05) is 12.1 Å². The van der Waals surface area contributed by atoms with Crippen LogP contribution in [0.5, 0.6) is 11.5 Å². The minimum absolute atomic E-state index is 0.433. The van der Waals surface area contributed by atoms with E-state index in [1.54, 1.807) is 5.56 Å². The van der Waals surface area contributed by atoms with Gasteiger partial charge in [0.05, 0.1) is 0 Å². The van der Waals surface area contributed by atoms with E-state index in [-0.39, 0.29) is 0 Å². The minimum atomic E-state index is -1.23. The zero-order valence-corrected chi connectivity index (χ0v) is 24.1. The number of phenolic OH excluding ortho intramolecular Hbond substituents is 1. The van der Waals surface area contributed by atoms with Crippen LogP contribution in [0.1, 0.15) is 87.3 Å². The lowest BCUT2D eigenvalue weighted by atomic mass is 9.54. The van der Waals surface area contributed by atoms with Crippen LogP contribution in [0.3, 0.4) is 0 Å². The van der Waals surface area contributed by atoms with Gasteiger partial charge in [-0.15, -0.1) is 0 Å². The third-order valence-electron chi connectivity index (χ3n) is 10.2.